The number of fused-ring (bicyclic) bond motifs is 1. The number of thiazole rings is 1. The lowest BCUT2D eigenvalue weighted by atomic mass is 9.64. The Morgan fingerprint density at radius 1 is 0.947 bits per heavy atom. The van der Waals surface area contributed by atoms with Gasteiger partial charge in [-0.2, -0.15) is 0 Å². The van der Waals surface area contributed by atoms with Crippen LogP contribution in [0.4, 0.5) is 5.13 Å². The second kappa shape index (κ2) is 3.72. The van der Waals surface area contributed by atoms with Crippen molar-refractivity contribution in [3.63, 3.8) is 0 Å². The lowest BCUT2D eigenvalue weighted by Crippen LogP contribution is -2.58. The molecule has 4 aliphatic rings. The largest absolute Gasteiger partial charge is 0.342 e. The highest BCUT2D eigenvalue weighted by molar-refractivity contribution is 7.22. The van der Waals surface area contributed by atoms with Crippen molar-refractivity contribution < 1.29 is 0 Å². The van der Waals surface area contributed by atoms with Gasteiger partial charge in [-0.1, -0.05) is 23.5 Å². The molecule has 98 valence electrons. The molecule has 2 saturated heterocycles. The summed E-state index contributed by atoms with van der Waals surface area (Å²) in [5.74, 6) is 2.04. The molecule has 2 aliphatic heterocycles. The number of para-hydroxylation sites is 1. The summed E-state index contributed by atoms with van der Waals surface area (Å²) in [5, 5.41) is 1.29. The molecule has 4 fully saturated rings. The summed E-state index contributed by atoms with van der Waals surface area (Å²) in [6, 6.07) is 10.1. The molecule has 0 N–H and O–H groups in total. The molecule has 0 spiro atoms. The average Bonchev–Trinajstić information content (AvgIpc) is 2.80. The van der Waals surface area contributed by atoms with E-state index in [1.54, 1.807) is 0 Å². The van der Waals surface area contributed by atoms with Crippen LogP contribution in [0.3, 0.4) is 0 Å². The second-order valence-electron chi connectivity index (χ2n) is 6.59. The standard InChI is InChI=1S/C16H18N2S/c1-2-4-15-14(3-1)17-16(19-15)18-12-6-10-5-11(8-12)9-13(18)7-10/h1-4,10-13H,5-9H2. The molecule has 0 amide bonds. The van der Waals surface area contributed by atoms with Crippen LogP contribution in [0.15, 0.2) is 24.3 Å². The Hall–Kier alpha value is -1.09. The van der Waals surface area contributed by atoms with Crippen molar-refractivity contribution in [2.45, 2.75) is 44.2 Å². The predicted octanol–water partition coefficient (Wildman–Crippen LogP) is 4.06. The highest BCUT2D eigenvalue weighted by atomic mass is 32.1. The SMILES string of the molecule is c1ccc2sc(N3C4CC5CC(C4)CC3C5)nc2c1. The summed E-state index contributed by atoms with van der Waals surface area (Å²) in [5.41, 5.74) is 1.18. The van der Waals surface area contributed by atoms with Gasteiger partial charge in [0.15, 0.2) is 5.13 Å². The van der Waals surface area contributed by atoms with Gasteiger partial charge >= 0.3 is 0 Å². The van der Waals surface area contributed by atoms with E-state index < -0.39 is 0 Å². The zero-order valence-corrected chi connectivity index (χ0v) is 11.8. The van der Waals surface area contributed by atoms with Crippen molar-refractivity contribution in [2.75, 3.05) is 4.90 Å². The first-order valence-corrected chi connectivity index (χ1v) is 8.32. The number of anilines is 1. The molecule has 2 nitrogen and oxygen atoms in total. The van der Waals surface area contributed by atoms with E-state index in [4.69, 9.17) is 4.98 Å². The summed E-state index contributed by atoms with van der Waals surface area (Å²) in [6.45, 7) is 0. The van der Waals surface area contributed by atoms with Crippen molar-refractivity contribution in [3.05, 3.63) is 24.3 Å². The fourth-order valence-electron chi connectivity index (χ4n) is 4.82. The van der Waals surface area contributed by atoms with Crippen LogP contribution in [0.5, 0.6) is 0 Å². The van der Waals surface area contributed by atoms with E-state index in [9.17, 15) is 0 Å². The lowest BCUT2D eigenvalue weighted by molar-refractivity contribution is 0.0900. The quantitative estimate of drug-likeness (QED) is 0.776. The fraction of sp³-hybridized carbons (Fsp3) is 0.562. The van der Waals surface area contributed by atoms with Crippen molar-refractivity contribution in [1.82, 2.24) is 4.98 Å². The van der Waals surface area contributed by atoms with Crippen molar-refractivity contribution in [2.24, 2.45) is 11.8 Å². The molecule has 2 aromatic rings. The number of hydrogen-bond donors (Lipinski definition) is 0. The number of hydrogen-bond acceptors (Lipinski definition) is 3. The van der Waals surface area contributed by atoms with Crippen LogP contribution in [-0.4, -0.2) is 17.1 Å². The average molecular weight is 270 g/mol. The van der Waals surface area contributed by atoms with Crippen LogP contribution in [0, 0.1) is 11.8 Å². The van der Waals surface area contributed by atoms with Crippen LogP contribution in [0.1, 0.15) is 32.1 Å². The number of piperidine rings is 2. The first-order valence-electron chi connectivity index (χ1n) is 7.51. The molecular formula is C16H18N2S. The van der Waals surface area contributed by atoms with Crippen LogP contribution in [-0.2, 0) is 0 Å². The minimum atomic E-state index is 0.789. The molecule has 0 radical (unpaired) electrons. The van der Waals surface area contributed by atoms with Gasteiger partial charge in [-0.15, -0.1) is 0 Å². The maximum Gasteiger partial charge on any atom is 0.186 e. The minimum Gasteiger partial charge on any atom is -0.342 e. The van der Waals surface area contributed by atoms with Crippen LogP contribution >= 0.6 is 11.3 Å². The van der Waals surface area contributed by atoms with Crippen LogP contribution in [0.2, 0.25) is 0 Å². The summed E-state index contributed by atoms with van der Waals surface area (Å²) in [6.07, 6.45) is 7.19. The molecule has 2 saturated carbocycles. The molecule has 2 aliphatic carbocycles. The zero-order valence-electron chi connectivity index (χ0n) is 11.0. The Balaban J connectivity index is 1.58. The van der Waals surface area contributed by atoms with Gasteiger partial charge in [-0.05, 0) is 56.1 Å². The monoisotopic (exact) mass is 270 g/mol. The van der Waals surface area contributed by atoms with Gasteiger partial charge in [0.1, 0.15) is 0 Å². The Labute approximate surface area is 117 Å². The third kappa shape index (κ3) is 1.51. The van der Waals surface area contributed by atoms with E-state index in [0.717, 1.165) is 23.9 Å². The number of aromatic nitrogens is 1. The maximum absolute atomic E-state index is 4.90. The summed E-state index contributed by atoms with van der Waals surface area (Å²) < 4.78 is 1.34. The van der Waals surface area contributed by atoms with Crippen LogP contribution < -0.4 is 4.90 Å². The minimum absolute atomic E-state index is 0.789. The van der Waals surface area contributed by atoms with E-state index in [0.29, 0.717) is 0 Å². The Morgan fingerprint density at radius 3 is 2.32 bits per heavy atom. The third-order valence-corrected chi connectivity index (χ3v) is 6.43. The van der Waals surface area contributed by atoms with E-state index >= 15 is 0 Å². The topological polar surface area (TPSA) is 16.1 Å². The molecule has 3 heteroatoms. The normalized spacial score (nSPS) is 36.3. The first-order chi connectivity index (χ1) is 9.37. The fourth-order valence-corrected chi connectivity index (χ4v) is 5.92. The summed E-state index contributed by atoms with van der Waals surface area (Å²) in [4.78, 5) is 7.59. The van der Waals surface area contributed by atoms with E-state index in [2.05, 4.69) is 29.2 Å². The molecule has 4 bridgehead atoms. The van der Waals surface area contributed by atoms with Gasteiger partial charge in [-0.25, -0.2) is 4.98 Å². The predicted molar refractivity (Wildman–Crippen MR) is 79.7 cm³/mol. The van der Waals surface area contributed by atoms with Gasteiger partial charge in [-0.3, -0.25) is 0 Å². The zero-order chi connectivity index (χ0) is 12.4. The molecule has 0 atom stereocenters. The highest BCUT2D eigenvalue weighted by Crippen LogP contribution is 2.51. The van der Waals surface area contributed by atoms with Gasteiger partial charge in [0.05, 0.1) is 10.2 Å². The van der Waals surface area contributed by atoms with E-state index in [1.165, 1.54) is 47.5 Å². The van der Waals surface area contributed by atoms with Crippen molar-refractivity contribution in [3.8, 4) is 0 Å². The lowest BCUT2D eigenvalue weighted by Gasteiger charge is -2.56. The number of benzene rings is 1. The van der Waals surface area contributed by atoms with Gasteiger partial charge in [0.25, 0.3) is 0 Å². The molecular weight excluding hydrogens is 252 g/mol. The molecule has 0 unspecified atom stereocenters. The summed E-state index contributed by atoms with van der Waals surface area (Å²) >= 11 is 1.89. The summed E-state index contributed by atoms with van der Waals surface area (Å²) in [7, 11) is 0. The highest BCUT2D eigenvalue weighted by Gasteiger charge is 2.47. The second-order valence-corrected chi connectivity index (χ2v) is 7.60. The van der Waals surface area contributed by atoms with Crippen LogP contribution in [0.25, 0.3) is 10.2 Å². The van der Waals surface area contributed by atoms with Gasteiger partial charge in [0.2, 0.25) is 0 Å². The molecule has 6 rings (SSSR count). The molecule has 1 aromatic carbocycles. The molecule has 19 heavy (non-hydrogen) atoms. The Bertz CT molecular complexity index is 571. The Morgan fingerprint density at radius 2 is 1.63 bits per heavy atom. The van der Waals surface area contributed by atoms with Crippen molar-refractivity contribution in [1.29, 1.82) is 0 Å². The smallest absolute Gasteiger partial charge is 0.186 e. The molecule has 1 aromatic heterocycles. The van der Waals surface area contributed by atoms with E-state index in [-0.39, 0.29) is 0 Å². The number of nitrogens with zero attached hydrogens (tertiary/aromatic N) is 2. The van der Waals surface area contributed by atoms with Crippen molar-refractivity contribution >= 4 is 26.7 Å². The number of rotatable bonds is 1. The Kier molecular flexibility index (Phi) is 2.09. The first kappa shape index (κ1) is 10.7. The third-order valence-electron chi connectivity index (χ3n) is 5.38. The maximum atomic E-state index is 4.90. The van der Waals surface area contributed by atoms with Gasteiger partial charge < -0.3 is 4.90 Å². The van der Waals surface area contributed by atoms with Gasteiger partial charge in [0, 0.05) is 12.1 Å². The van der Waals surface area contributed by atoms with E-state index in [1.807, 2.05) is 11.3 Å². The molecule has 3 heterocycles.